The molecule has 0 aliphatic heterocycles. The number of hydrogen-bond donors (Lipinski definition) is 1. The first kappa shape index (κ1) is 11.1. The van der Waals surface area contributed by atoms with Crippen LogP contribution in [0.4, 0.5) is 0 Å². The van der Waals surface area contributed by atoms with Crippen molar-refractivity contribution in [2.75, 3.05) is 14.1 Å². The van der Waals surface area contributed by atoms with E-state index in [1.54, 1.807) is 0 Å². The number of rotatable bonds is 3. The summed E-state index contributed by atoms with van der Waals surface area (Å²) in [6.45, 7) is 1.42. The molecule has 2 aromatic rings. The maximum Gasteiger partial charge on any atom is 0.123 e. The monoisotopic (exact) mass is 218 g/mol. The van der Waals surface area contributed by atoms with Crippen molar-refractivity contribution in [3.63, 3.8) is 0 Å². The van der Waals surface area contributed by atoms with Gasteiger partial charge in [0.05, 0.1) is 17.6 Å². The summed E-state index contributed by atoms with van der Waals surface area (Å²) < 4.78 is 2.13. The molecule has 0 saturated heterocycles. The fourth-order valence-electron chi connectivity index (χ4n) is 1.84. The Balaban J connectivity index is 2.50. The summed E-state index contributed by atoms with van der Waals surface area (Å²) >= 11 is 0. The number of nitrogens with two attached hydrogens (primary N) is 1. The van der Waals surface area contributed by atoms with E-state index in [1.807, 2.05) is 26.2 Å². The van der Waals surface area contributed by atoms with Crippen LogP contribution in [0.3, 0.4) is 0 Å². The highest BCUT2D eigenvalue weighted by Crippen LogP contribution is 2.17. The zero-order valence-electron chi connectivity index (χ0n) is 10.1. The van der Waals surface area contributed by atoms with E-state index in [2.05, 4.69) is 27.6 Å². The minimum Gasteiger partial charge on any atom is -0.330 e. The van der Waals surface area contributed by atoms with Crippen LogP contribution in [-0.4, -0.2) is 28.5 Å². The van der Waals surface area contributed by atoms with Gasteiger partial charge in [-0.25, -0.2) is 4.98 Å². The molecule has 0 spiro atoms. The Morgan fingerprint density at radius 1 is 1.38 bits per heavy atom. The topological polar surface area (TPSA) is 47.1 Å². The van der Waals surface area contributed by atoms with Crippen molar-refractivity contribution >= 4 is 11.0 Å². The maximum atomic E-state index is 5.64. The van der Waals surface area contributed by atoms with Crippen molar-refractivity contribution in [3.8, 4) is 0 Å². The Kier molecular flexibility index (Phi) is 2.94. The largest absolute Gasteiger partial charge is 0.330 e. The quantitative estimate of drug-likeness (QED) is 0.839. The highest BCUT2D eigenvalue weighted by atomic mass is 15.1. The molecule has 2 N–H and O–H groups in total. The van der Waals surface area contributed by atoms with Crippen molar-refractivity contribution in [1.82, 2.24) is 14.5 Å². The standard InChI is InChI=1S/C12H18N4/c1-15(2)8-12-14-10-5-4-9(7-13)6-11(10)16(12)3/h4-6H,7-8,13H2,1-3H3. The fraction of sp³-hybridized carbons (Fsp3) is 0.417. The zero-order chi connectivity index (χ0) is 11.7. The van der Waals surface area contributed by atoms with Gasteiger partial charge < -0.3 is 15.2 Å². The molecule has 4 nitrogen and oxygen atoms in total. The van der Waals surface area contributed by atoms with Crippen LogP contribution in [-0.2, 0) is 20.1 Å². The first-order valence-electron chi connectivity index (χ1n) is 5.41. The Morgan fingerprint density at radius 3 is 2.75 bits per heavy atom. The number of fused-ring (bicyclic) bond motifs is 1. The van der Waals surface area contributed by atoms with Gasteiger partial charge in [0, 0.05) is 13.6 Å². The van der Waals surface area contributed by atoms with Crippen LogP contribution >= 0.6 is 0 Å². The van der Waals surface area contributed by atoms with E-state index in [-0.39, 0.29) is 0 Å². The molecule has 0 unspecified atom stereocenters. The molecule has 0 aliphatic rings. The lowest BCUT2D eigenvalue weighted by molar-refractivity contribution is 0.386. The lowest BCUT2D eigenvalue weighted by Gasteiger charge is -2.08. The van der Waals surface area contributed by atoms with Gasteiger partial charge in [-0.1, -0.05) is 6.07 Å². The fourth-order valence-corrected chi connectivity index (χ4v) is 1.84. The van der Waals surface area contributed by atoms with E-state index in [4.69, 9.17) is 5.73 Å². The van der Waals surface area contributed by atoms with Crippen LogP contribution in [0.2, 0.25) is 0 Å². The van der Waals surface area contributed by atoms with Crippen molar-refractivity contribution < 1.29 is 0 Å². The predicted octanol–water partition coefficient (Wildman–Crippen LogP) is 1.09. The molecular formula is C12H18N4. The third-order valence-electron chi connectivity index (χ3n) is 2.73. The lowest BCUT2D eigenvalue weighted by atomic mass is 10.2. The number of benzene rings is 1. The van der Waals surface area contributed by atoms with Gasteiger partial charge in [-0.3, -0.25) is 0 Å². The Hall–Kier alpha value is -1.39. The van der Waals surface area contributed by atoms with E-state index in [0.717, 1.165) is 29.0 Å². The highest BCUT2D eigenvalue weighted by molar-refractivity contribution is 5.76. The molecule has 1 aromatic heterocycles. The predicted molar refractivity (Wildman–Crippen MR) is 66.0 cm³/mol. The summed E-state index contributed by atoms with van der Waals surface area (Å²) in [7, 11) is 6.14. The molecular weight excluding hydrogens is 200 g/mol. The van der Waals surface area contributed by atoms with Gasteiger partial charge in [0.15, 0.2) is 0 Å². The smallest absolute Gasteiger partial charge is 0.123 e. The van der Waals surface area contributed by atoms with E-state index in [1.165, 1.54) is 0 Å². The van der Waals surface area contributed by atoms with Crippen molar-refractivity contribution in [1.29, 1.82) is 0 Å². The van der Waals surface area contributed by atoms with Crippen LogP contribution in [0, 0.1) is 0 Å². The second-order valence-electron chi connectivity index (χ2n) is 4.35. The number of hydrogen-bond acceptors (Lipinski definition) is 3. The van der Waals surface area contributed by atoms with Gasteiger partial charge in [0.25, 0.3) is 0 Å². The third kappa shape index (κ3) is 1.94. The molecule has 2 rings (SSSR count). The van der Waals surface area contributed by atoms with Crippen molar-refractivity contribution in [2.45, 2.75) is 13.1 Å². The van der Waals surface area contributed by atoms with Crippen LogP contribution in [0.25, 0.3) is 11.0 Å². The molecule has 0 saturated carbocycles. The summed E-state index contributed by atoms with van der Waals surface area (Å²) in [5.74, 6) is 1.08. The number of aryl methyl sites for hydroxylation is 1. The van der Waals surface area contributed by atoms with E-state index in [0.29, 0.717) is 6.54 Å². The van der Waals surface area contributed by atoms with E-state index in [9.17, 15) is 0 Å². The Labute approximate surface area is 95.7 Å². The summed E-state index contributed by atoms with van der Waals surface area (Å²) in [5.41, 5.74) is 8.98. The average Bonchev–Trinajstić information content (AvgIpc) is 2.55. The van der Waals surface area contributed by atoms with Gasteiger partial charge in [0.2, 0.25) is 0 Å². The van der Waals surface area contributed by atoms with E-state index >= 15 is 0 Å². The minimum absolute atomic E-state index is 0.574. The molecule has 1 aromatic carbocycles. The lowest BCUT2D eigenvalue weighted by Crippen LogP contribution is -2.14. The molecule has 0 bridgehead atoms. The van der Waals surface area contributed by atoms with Crippen molar-refractivity contribution in [2.24, 2.45) is 12.8 Å². The van der Waals surface area contributed by atoms with Crippen LogP contribution in [0.1, 0.15) is 11.4 Å². The number of imidazole rings is 1. The summed E-state index contributed by atoms with van der Waals surface area (Å²) in [5, 5.41) is 0. The molecule has 0 radical (unpaired) electrons. The van der Waals surface area contributed by atoms with Gasteiger partial charge >= 0.3 is 0 Å². The molecule has 16 heavy (non-hydrogen) atoms. The van der Waals surface area contributed by atoms with Gasteiger partial charge in [-0.2, -0.15) is 0 Å². The zero-order valence-corrected chi connectivity index (χ0v) is 10.1. The van der Waals surface area contributed by atoms with Gasteiger partial charge in [0.1, 0.15) is 5.82 Å². The minimum atomic E-state index is 0.574. The van der Waals surface area contributed by atoms with Crippen LogP contribution in [0.15, 0.2) is 18.2 Å². The first-order chi connectivity index (χ1) is 7.61. The Bertz CT molecular complexity index is 499. The molecule has 0 aliphatic carbocycles. The molecule has 0 atom stereocenters. The summed E-state index contributed by atoms with van der Waals surface area (Å²) in [6.07, 6.45) is 0. The average molecular weight is 218 g/mol. The highest BCUT2D eigenvalue weighted by Gasteiger charge is 2.08. The van der Waals surface area contributed by atoms with Crippen molar-refractivity contribution in [3.05, 3.63) is 29.6 Å². The molecule has 0 amide bonds. The normalized spacial score (nSPS) is 11.6. The van der Waals surface area contributed by atoms with Crippen LogP contribution in [0.5, 0.6) is 0 Å². The number of nitrogens with zero attached hydrogens (tertiary/aromatic N) is 3. The summed E-state index contributed by atoms with van der Waals surface area (Å²) in [4.78, 5) is 6.72. The van der Waals surface area contributed by atoms with Gasteiger partial charge in [-0.05, 0) is 31.8 Å². The second-order valence-corrected chi connectivity index (χ2v) is 4.35. The number of aromatic nitrogens is 2. The summed E-state index contributed by atoms with van der Waals surface area (Å²) in [6, 6.07) is 6.19. The molecule has 4 heteroatoms. The van der Waals surface area contributed by atoms with Crippen LogP contribution < -0.4 is 5.73 Å². The molecule has 1 heterocycles. The first-order valence-corrected chi connectivity index (χ1v) is 5.41. The Morgan fingerprint density at radius 2 is 2.12 bits per heavy atom. The van der Waals surface area contributed by atoms with Gasteiger partial charge in [-0.15, -0.1) is 0 Å². The maximum absolute atomic E-state index is 5.64. The SMILES string of the molecule is CN(C)Cc1nc2ccc(CN)cc2n1C. The molecule has 0 fully saturated rings. The van der Waals surface area contributed by atoms with E-state index < -0.39 is 0 Å². The molecule has 86 valence electrons. The second kappa shape index (κ2) is 4.23. The third-order valence-corrected chi connectivity index (χ3v) is 2.73.